The molecule has 0 aliphatic carbocycles. The van der Waals surface area contributed by atoms with E-state index in [1.807, 2.05) is 24.3 Å². The van der Waals surface area contributed by atoms with Crippen molar-refractivity contribution in [2.45, 2.75) is 25.8 Å². The third-order valence-corrected chi connectivity index (χ3v) is 3.82. The fraction of sp³-hybridized carbons (Fsp3) is 0.562. The van der Waals surface area contributed by atoms with Gasteiger partial charge in [-0.25, -0.2) is 0 Å². The maximum absolute atomic E-state index is 11.5. The lowest BCUT2D eigenvalue weighted by atomic mass is 10.2. The van der Waals surface area contributed by atoms with Crippen LogP contribution < -0.4 is 10.1 Å². The highest BCUT2D eigenvalue weighted by molar-refractivity contribution is 6.18. The number of alkyl halides is 1. The van der Waals surface area contributed by atoms with Crippen LogP contribution in [0, 0.1) is 0 Å². The third kappa shape index (κ3) is 5.56. The van der Waals surface area contributed by atoms with Gasteiger partial charge in [-0.1, -0.05) is 18.2 Å². The number of hydrogen-bond acceptors (Lipinski definition) is 3. The van der Waals surface area contributed by atoms with Gasteiger partial charge >= 0.3 is 0 Å². The van der Waals surface area contributed by atoms with E-state index >= 15 is 0 Å². The first-order valence-electron chi connectivity index (χ1n) is 7.55. The fourth-order valence-electron chi connectivity index (χ4n) is 2.45. The molecule has 1 aromatic rings. The molecule has 0 spiro atoms. The highest BCUT2D eigenvalue weighted by atomic mass is 35.5. The number of amides is 1. The number of nitrogens with one attached hydrogen (secondary N) is 1. The largest absolute Gasteiger partial charge is 0.492 e. The summed E-state index contributed by atoms with van der Waals surface area (Å²) in [5.74, 6) is 1.17. The van der Waals surface area contributed by atoms with Gasteiger partial charge in [0, 0.05) is 31.0 Å². The highest BCUT2D eigenvalue weighted by Crippen LogP contribution is 2.18. The van der Waals surface area contributed by atoms with Gasteiger partial charge in [0.15, 0.2) is 0 Å². The van der Waals surface area contributed by atoms with Crippen molar-refractivity contribution in [1.82, 2.24) is 10.2 Å². The van der Waals surface area contributed by atoms with Gasteiger partial charge in [-0.15, -0.1) is 11.6 Å². The Bertz CT molecular complexity index is 448. The molecule has 2 rings (SSSR count). The first-order valence-corrected chi connectivity index (χ1v) is 8.09. The smallest absolute Gasteiger partial charge is 0.221 e. The molecule has 0 aromatic heterocycles. The topological polar surface area (TPSA) is 41.6 Å². The first kappa shape index (κ1) is 16.1. The van der Waals surface area contributed by atoms with Crippen molar-refractivity contribution < 1.29 is 9.53 Å². The van der Waals surface area contributed by atoms with E-state index < -0.39 is 0 Å². The Balaban J connectivity index is 1.79. The van der Waals surface area contributed by atoms with E-state index in [1.165, 1.54) is 25.9 Å². The summed E-state index contributed by atoms with van der Waals surface area (Å²) in [6.45, 7) is 4.49. The Kier molecular flexibility index (Phi) is 6.83. The van der Waals surface area contributed by atoms with Crippen LogP contribution in [0.1, 0.15) is 24.8 Å². The van der Waals surface area contributed by atoms with Gasteiger partial charge in [-0.2, -0.15) is 0 Å². The second-order valence-corrected chi connectivity index (χ2v) is 5.60. The lowest BCUT2D eigenvalue weighted by Gasteiger charge is -2.16. The van der Waals surface area contributed by atoms with Gasteiger partial charge in [0.1, 0.15) is 12.4 Å². The van der Waals surface area contributed by atoms with E-state index in [-0.39, 0.29) is 5.91 Å². The van der Waals surface area contributed by atoms with Gasteiger partial charge in [0.05, 0.1) is 0 Å². The SMILES string of the molecule is O=C(CCCl)NCc1ccccc1OCCN1CCCC1. The molecule has 4 nitrogen and oxygen atoms in total. The number of hydrogen-bond donors (Lipinski definition) is 1. The molecule has 1 aliphatic rings. The zero-order valence-corrected chi connectivity index (χ0v) is 13.1. The number of ether oxygens (including phenoxy) is 1. The summed E-state index contributed by atoms with van der Waals surface area (Å²) in [6.07, 6.45) is 2.94. The van der Waals surface area contributed by atoms with Gasteiger partial charge < -0.3 is 10.1 Å². The van der Waals surface area contributed by atoms with Crippen molar-refractivity contribution in [2.75, 3.05) is 32.1 Å². The van der Waals surface area contributed by atoms with E-state index in [2.05, 4.69) is 10.2 Å². The minimum Gasteiger partial charge on any atom is -0.492 e. The molecule has 1 fully saturated rings. The number of carbonyl (C=O) groups is 1. The highest BCUT2D eigenvalue weighted by Gasteiger charge is 2.11. The summed E-state index contributed by atoms with van der Waals surface area (Å²) in [6, 6.07) is 7.84. The van der Waals surface area contributed by atoms with E-state index in [0.717, 1.165) is 17.9 Å². The van der Waals surface area contributed by atoms with Crippen molar-refractivity contribution in [1.29, 1.82) is 0 Å². The normalized spacial score (nSPS) is 15.1. The van der Waals surface area contributed by atoms with E-state index in [1.54, 1.807) is 0 Å². The number of nitrogens with zero attached hydrogens (tertiary/aromatic N) is 1. The monoisotopic (exact) mass is 310 g/mol. The average Bonchev–Trinajstić information content (AvgIpc) is 3.00. The van der Waals surface area contributed by atoms with Crippen LogP contribution in [0.25, 0.3) is 0 Å². The molecule has 5 heteroatoms. The maximum atomic E-state index is 11.5. The Labute approximate surface area is 131 Å². The second-order valence-electron chi connectivity index (χ2n) is 5.22. The molecule has 0 radical (unpaired) electrons. The Morgan fingerprint density at radius 2 is 2.05 bits per heavy atom. The van der Waals surface area contributed by atoms with Crippen LogP contribution in [-0.2, 0) is 11.3 Å². The molecule has 1 amide bonds. The Morgan fingerprint density at radius 3 is 2.81 bits per heavy atom. The van der Waals surface area contributed by atoms with Crippen molar-refractivity contribution in [3.8, 4) is 5.75 Å². The summed E-state index contributed by atoms with van der Waals surface area (Å²) in [4.78, 5) is 13.9. The van der Waals surface area contributed by atoms with Gasteiger partial charge in [0.2, 0.25) is 5.91 Å². The summed E-state index contributed by atoms with van der Waals surface area (Å²) in [5, 5.41) is 2.86. The quantitative estimate of drug-likeness (QED) is 0.750. The minimum atomic E-state index is -0.0307. The van der Waals surface area contributed by atoms with Gasteiger partial charge in [-0.05, 0) is 32.0 Å². The first-order chi connectivity index (χ1) is 10.3. The molecule has 0 bridgehead atoms. The number of likely N-dealkylation sites (tertiary alicyclic amines) is 1. The molecular weight excluding hydrogens is 288 g/mol. The molecule has 0 saturated carbocycles. The van der Waals surface area contributed by atoms with E-state index in [4.69, 9.17) is 16.3 Å². The predicted molar refractivity (Wildman–Crippen MR) is 84.8 cm³/mol. The molecule has 1 saturated heterocycles. The summed E-state index contributed by atoms with van der Waals surface area (Å²) in [7, 11) is 0. The number of rotatable bonds is 8. The summed E-state index contributed by atoms with van der Waals surface area (Å²) >= 11 is 5.55. The summed E-state index contributed by atoms with van der Waals surface area (Å²) < 4.78 is 5.87. The van der Waals surface area contributed by atoms with Crippen LogP contribution in [0.5, 0.6) is 5.75 Å². The molecule has 21 heavy (non-hydrogen) atoms. The summed E-state index contributed by atoms with van der Waals surface area (Å²) in [5.41, 5.74) is 1.00. The lowest BCUT2D eigenvalue weighted by molar-refractivity contribution is -0.120. The van der Waals surface area contributed by atoms with Crippen LogP contribution in [0.4, 0.5) is 0 Å². The van der Waals surface area contributed by atoms with Crippen LogP contribution in [0.3, 0.4) is 0 Å². The molecule has 1 N–H and O–H groups in total. The molecular formula is C16H23ClN2O2. The predicted octanol–water partition coefficient (Wildman–Crippen LogP) is 2.41. The maximum Gasteiger partial charge on any atom is 0.221 e. The fourth-order valence-corrected chi connectivity index (χ4v) is 2.62. The van der Waals surface area contributed by atoms with Gasteiger partial charge in [-0.3, -0.25) is 9.69 Å². The average molecular weight is 311 g/mol. The zero-order valence-electron chi connectivity index (χ0n) is 12.3. The number of halogens is 1. The number of benzene rings is 1. The zero-order chi connectivity index (χ0) is 14.9. The standard InChI is InChI=1S/C16H23ClN2O2/c17-8-7-16(20)18-13-14-5-1-2-6-15(14)21-12-11-19-9-3-4-10-19/h1-2,5-6H,3-4,7-13H2,(H,18,20). The molecule has 1 aromatic carbocycles. The molecule has 116 valence electrons. The van der Waals surface area contributed by atoms with E-state index in [0.29, 0.717) is 25.5 Å². The van der Waals surface area contributed by atoms with Crippen LogP contribution in [0.2, 0.25) is 0 Å². The second kappa shape index (κ2) is 8.90. The number of para-hydroxylation sites is 1. The van der Waals surface area contributed by atoms with Crippen molar-refractivity contribution in [3.63, 3.8) is 0 Å². The third-order valence-electron chi connectivity index (χ3n) is 3.63. The van der Waals surface area contributed by atoms with Crippen molar-refractivity contribution >= 4 is 17.5 Å². The molecule has 1 aliphatic heterocycles. The van der Waals surface area contributed by atoms with Crippen molar-refractivity contribution in [2.24, 2.45) is 0 Å². The Hall–Kier alpha value is -1.26. The van der Waals surface area contributed by atoms with E-state index in [9.17, 15) is 4.79 Å². The minimum absolute atomic E-state index is 0.0307. The van der Waals surface area contributed by atoms with Gasteiger partial charge in [0.25, 0.3) is 0 Å². The lowest BCUT2D eigenvalue weighted by Crippen LogP contribution is -2.26. The van der Waals surface area contributed by atoms with Crippen LogP contribution in [0.15, 0.2) is 24.3 Å². The van der Waals surface area contributed by atoms with Crippen LogP contribution >= 0.6 is 11.6 Å². The number of carbonyl (C=O) groups excluding carboxylic acids is 1. The Morgan fingerprint density at radius 1 is 1.29 bits per heavy atom. The molecule has 0 unspecified atom stereocenters. The molecule has 0 atom stereocenters. The van der Waals surface area contributed by atoms with Crippen molar-refractivity contribution in [3.05, 3.63) is 29.8 Å². The van der Waals surface area contributed by atoms with Crippen LogP contribution in [-0.4, -0.2) is 42.9 Å². The molecule has 1 heterocycles.